The number of rotatable bonds is 11. The monoisotopic (exact) mass is 484 g/mol. The van der Waals surface area contributed by atoms with Gasteiger partial charge in [0.15, 0.2) is 6.61 Å². The molecule has 0 fully saturated rings. The van der Waals surface area contributed by atoms with Crippen molar-refractivity contribution in [1.82, 2.24) is 10.0 Å². The van der Waals surface area contributed by atoms with E-state index in [2.05, 4.69) is 10.0 Å². The normalized spacial score (nSPS) is 11.3. The van der Waals surface area contributed by atoms with E-state index in [0.29, 0.717) is 23.6 Å². The molecule has 0 saturated heterocycles. The fraction of sp³-hybridized carbons (Fsp3) is 0.167. The molecule has 0 unspecified atom stereocenters. The van der Waals surface area contributed by atoms with E-state index in [-0.39, 0.29) is 11.4 Å². The van der Waals surface area contributed by atoms with Crippen molar-refractivity contribution < 1.29 is 31.9 Å². The molecule has 34 heavy (non-hydrogen) atoms. The number of ether oxygens (including phenoxy) is 2. The summed E-state index contributed by atoms with van der Waals surface area (Å²) in [6.45, 7) is -0.0871. The van der Waals surface area contributed by atoms with Gasteiger partial charge in [-0.05, 0) is 53.6 Å². The Morgan fingerprint density at radius 1 is 1.00 bits per heavy atom. The van der Waals surface area contributed by atoms with Gasteiger partial charge < -0.3 is 19.2 Å². The summed E-state index contributed by atoms with van der Waals surface area (Å²) in [4.78, 5) is 23.8. The van der Waals surface area contributed by atoms with E-state index < -0.39 is 28.5 Å². The Bertz CT molecular complexity index is 1220. The van der Waals surface area contributed by atoms with Crippen molar-refractivity contribution in [1.29, 1.82) is 0 Å². The number of amides is 1. The van der Waals surface area contributed by atoms with Crippen LogP contribution in [0.15, 0.2) is 82.3 Å². The van der Waals surface area contributed by atoms with Gasteiger partial charge in [-0.2, -0.15) is 0 Å². The summed E-state index contributed by atoms with van der Waals surface area (Å²) in [7, 11) is -2.14. The predicted molar refractivity (Wildman–Crippen MR) is 124 cm³/mol. The first-order chi connectivity index (χ1) is 16.4. The van der Waals surface area contributed by atoms with Crippen molar-refractivity contribution in [3.63, 3.8) is 0 Å². The third-order valence-electron chi connectivity index (χ3n) is 4.61. The number of sulfonamides is 1. The number of esters is 1. The molecule has 0 bridgehead atoms. The number of hydrogen-bond donors (Lipinski definition) is 2. The van der Waals surface area contributed by atoms with Crippen molar-refractivity contribution in [2.45, 2.75) is 18.0 Å². The highest BCUT2D eigenvalue weighted by Gasteiger charge is 2.14. The topological polar surface area (TPSA) is 124 Å². The smallest absolute Gasteiger partial charge is 0.331 e. The minimum Gasteiger partial charge on any atom is -0.497 e. The second kappa shape index (κ2) is 11.8. The Hall–Kier alpha value is -3.89. The van der Waals surface area contributed by atoms with Crippen molar-refractivity contribution in [3.8, 4) is 5.75 Å². The Morgan fingerprint density at radius 3 is 2.38 bits per heavy atom. The standard InChI is InChI=1S/C24H24N2O7S/c1-31-20-9-4-19(5-10-20)15-25-23(27)17-33-24(28)13-8-18-6-11-22(12-7-18)34(29,30)26-16-21-3-2-14-32-21/h2-14,26H,15-17H2,1H3,(H,25,27). The number of furan rings is 1. The van der Waals surface area contributed by atoms with Crippen molar-refractivity contribution >= 4 is 28.0 Å². The lowest BCUT2D eigenvalue weighted by molar-refractivity contribution is -0.143. The SMILES string of the molecule is COc1ccc(CNC(=O)COC(=O)C=Cc2ccc(S(=O)(=O)NCc3ccco3)cc2)cc1. The Balaban J connectivity index is 1.42. The molecule has 0 spiro atoms. The molecule has 1 amide bonds. The molecule has 1 aromatic heterocycles. The minimum atomic E-state index is -3.71. The fourth-order valence-corrected chi connectivity index (χ4v) is 3.76. The molecule has 0 aliphatic rings. The summed E-state index contributed by atoms with van der Waals surface area (Å²) < 4.78 is 42.2. The van der Waals surface area contributed by atoms with Crippen molar-refractivity contribution in [3.05, 3.63) is 89.9 Å². The molecule has 3 aromatic rings. The largest absolute Gasteiger partial charge is 0.497 e. The van der Waals surface area contributed by atoms with E-state index in [0.717, 1.165) is 11.6 Å². The lowest BCUT2D eigenvalue weighted by Gasteiger charge is -2.06. The molecule has 0 saturated carbocycles. The molecule has 2 N–H and O–H groups in total. The molecule has 0 aliphatic carbocycles. The van der Waals surface area contributed by atoms with Crippen LogP contribution >= 0.6 is 0 Å². The summed E-state index contributed by atoms with van der Waals surface area (Å²) in [6.07, 6.45) is 4.09. The summed E-state index contributed by atoms with van der Waals surface area (Å²) in [5.41, 5.74) is 1.47. The molecule has 0 atom stereocenters. The van der Waals surface area contributed by atoms with Crippen LogP contribution in [-0.2, 0) is 37.4 Å². The third kappa shape index (κ3) is 7.61. The Labute approximate surface area is 197 Å². The lowest BCUT2D eigenvalue weighted by atomic mass is 10.2. The average Bonchev–Trinajstić information content (AvgIpc) is 3.38. The van der Waals surface area contributed by atoms with E-state index >= 15 is 0 Å². The minimum absolute atomic E-state index is 0.0382. The molecular formula is C24H24N2O7S. The molecule has 9 nitrogen and oxygen atoms in total. The van der Waals surface area contributed by atoms with Gasteiger partial charge in [0.1, 0.15) is 11.5 Å². The van der Waals surface area contributed by atoms with E-state index in [1.54, 1.807) is 43.5 Å². The molecule has 0 aliphatic heterocycles. The maximum Gasteiger partial charge on any atom is 0.331 e. The quantitative estimate of drug-likeness (QED) is 0.317. The van der Waals surface area contributed by atoms with E-state index in [1.165, 1.54) is 24.5 Å². The zero-order chi connectivity index (χ0) is 24.4. The van der Waals surface area contributed by atoms with Crippen molar-refractivity contribution in [2.75, 3.05) is 13.7 Å². The van der Waals surface area contributed by atoms with Crippen LogP contribution in [0.2, 0.25) is 0 Å². The lowest BCUT2D eigenvalue weighted by Crippen LogP contribution is -2.28. The molecule has 0 radical (unpaired) electrons. The van der Waals surface area contributed by atoms with Crippen LogP contribution in [0.3, 0.4) is 0 Å². The second-order valence-corrected chi connectivity index (χ2v) is 8.81. The van der Waals surface area contributed by atoms with Crippen LogP contribution in [0.4, 0.5) is 0 Å². The van der Waals surface area contributed by atoms with Crippen LogP contribution in [-0.4, -0.2) is 34.0 Å². The number of carbonyl (C=O) groups excluding carboxylic acids is 2. The third-order valence-corrected chi connectivity index (χ3v) is 6.03. The van der Waals surface area contributed by atoms with Gasteiger partial charge >= 0.3 is 5.97 Å². The highest BCUT2D eigenvalue weighted by atomic mass is 32.2. The highest BCUT2D eigenvalue weighted by Crippen LogP contribution is 2.13. The molecule has 3 rings (SSSR count). The number of nitrogens with one attached hydrogen (secondary N) is 2. The van der Waals surface area contributed by atoms with Gasteiger partial charge in [-0.1, -0.05) is 24.3 Å². The van der Waals surface area contributed by atoms with E-state index in [1.807, 2.05) is 12.1 Å². The van der Waals surface area contributed by atoms with E-state index in [9.17, 15) is 18.0 Å². The van der Waals surface area contributed by atoms with Crippen LogP contribution in [0.5, 0.6) is 5.75 Å². The maximum atomic E-state index is 12.3. The summed E-state index contributed by atoms with van der Waals surface area (Å²) in [5.74, 6) is 0.0791. The first-order valence-corrected chi connectivity index (χ1v) is 11.7. The van der Waals surface area contributed by atoms with Gasteiger partial charge in [0, 0.05) is 12.6 Å². The molecular weight excluding hydrogens is 460 g/mol. The summed E-state index contributed by atoms with van der Waals surface area (Å²) >= 11 is 0. The highest BCUT2D eigenvalue weighted by molar-refractivity contribution is 7.89. The van der Waals surface area contributed by atoms with Crippen LogP contribution in [0, 0.1) is 0 Å². The van der Waals surface area contributed by atoms with Gasteiger partial charge in [-0.15, -0.1) is 0 Å². The first kappa shape index (κ1) is 24.7. The zero-order valence-electron chi connectivity index (χ0n) is 18.4. The van der Waals surface area contributed by atoms with Gasteiger partial charge in [0.25, 0.3) is 5.91 Å². The molecule has 2 aromatic carbocycles. The first-order valence-electron chi connectivity index (χ1n) is 10.2. The van der Waals surface area contributed by atoms with Gasteiger partial charge in [-0.3, -0.25) is 4.79 Å². The van der Waals surface area contributed by atoms with Gasteiger partial charge in [0.2, 0.25) is 10.0 Å². The summed E-state index contributed by atoms with van der Waals surface area (Å²) in [5, 5.41) is 2.66. The van der Waals surface area contributed by atoms with E-state index in [4.69, 9.17) is 13.9 Å². The van der Waals surface area contributed by atoms with Gasteiger partial charge in [0.05, 0.1) is 24.8 Å². The summed E-state index contributed by atoms with van der Waals surface area (Å²) in [6, 6.07) is 16.5. The molecule has 178 valence electrons. The van der Waals surface area contributed by atoms with Crippen LogP contribution in [0.25, 0.3) is 6.08 Å². The number of hydrogen-bond acceptors (Lipinski definition) is 7. The second-order valence-electron chi connectivity index (χ2n) is 7.04. The average molecular weight is 485 g/mol. The van der Waals surface area contributed by atoms with Gasteiger partial charge in [-0.25, -0.2) is 17.9 Å². The molecule has 1 heterocycles. The maximum absolute atomic E-state index is 12.3. The van der Waals surface area contributed by atoms with Crippen molar-refractivity contribution in [2.24, 2.45) is 0 Å². The number of carbonyl (C=O) groups is 2. The fourth-order valence-electron chi connectivity index (χ4n) is 2.76. The van der Waals surface area contributed by atoms with Crippen LogP contribution < -0.4 is 14.8 Å². The number of benzene rings is 2. The molecule has 10 heteroatoms. The predicted octanol–water partition coefficient (Wildman–Crippen LogP) is 2.64. The Morgan fingerprint density at radius 2 is 1.74 bits per heavy atom. The van der Waals surface area contributed by atoms with Crippen LogP contribution in [0.1, 0.15) is 16.9 Å². The zero-order valence-corrected chi connectivity index (χ0v) is 19.2. The Kier molecular flexibility index (Phi) is 8.60. The number of methoxy groups -OCH3 is 1.